The predicted octanol–water partition coefficient (Wildman–Crippen LogP) is 9.56. The molecule has 0 aliphatic carbocycles. The zero-order valence-electron chi connectivity index (χ0n) is 21.6. The normalized spacial score (nSPS) is 12.0. The van der Waals surface area contributed by atoms with Crippen LogP contribution in [0.25, 0.3) is 77.0 Å². The molecule has 3 aromatic heterocycles. The highest BCUT2D eigenvalue weighted by atomic mass is 15.0. The summed E-state index contributed by atoms with van der Waals surface area (Å²) >= 11 is 0. The quantitative estimate of drug-likeness (QED) is 0.227. The Morgan fingerprint density at radius 1 is 0.475 bits per heavy atom. The summed E-state index contributed by atoms with van der Waals surface area (Å²) in [5, 5.41) is 6.14. The van der Waals surface area contributed by atoms with Crippen molar-refractivity contribution in [2.24, 2.45) is 0 Å². The Labute approximate surface area is 230 Å². The van der Waals surface area contributed by atoms with Crippen LogP contribution in [0.15, 0.2) is 140 Å². The first-order chi connectivity index (χ1) is 19.9. The van der Waals surface area contributed by atoms with Gasteiger partial charge in [0.2, 0.25) is 0 Å². The Bertz CT molecular complexity index is 2410. The maximum absolute atomic E-state index is 5.28. The number of aromatic nitrogens is 3. The second-order valence-electron chi connectivity index (χ2n) is 10.4. The molecule has 0 unspecified atom stereocenters. The Morgan fingerprint density at radius 2 is 1.18 bits per heavy atom. The summed E-state index contributed by atoms with van der Waals surface area (Å²) in [6.07, 6.45) is 0. The average Bonchev–Trinajstić information content (AvgIpc) is 3.29. The molecule has 0 fully saturated rings. The molecule has 0 N–H and O–H groups in total. The molecule has 0 bridgehead atoms. The molecule has 0 atom stereocenters. The van der Waals surface area contributed by atoms with Crippen LogP contribution in [0.3, 0.4) is 0 Å². The highest BCUT2D eigenvalue weighted by Crippen LogP contribution is 2.41. The van der Waals surface area contributed by atoms with E-state index in [9.17, 15) is 0 Å². The SMILES string of the molecule is c1ccc(-c2nc3ccccc3cc2-n2c3cccc4ccc5c6ccccc6n(c6ccccc62)c5c43)cc1. The van der Waals surface area contributed by atoms with Crippen LogP contribution in [0.4, 0.5) is 0 Å². The molecule has 6 aromatic carbocycles. The van der Waals surface area contributed by atoms with E-state index in [1.54, 1.807) is 0 Å². The van der Waals surface area contributed by atoms with E-state index in [0.29, 0.717) is 0 Å². The van der Waals surface area contributed by atoms with E-state index in [1.165, 1.54) is 32.6 Å². The van der Waals surface area contributed by atoms with Crippen molar-refractivity contribution in [3.63, 3.8) is 0 Å². The van der Waals surface area contributed by atoms with Crippen LogP contribution in [0.2, 0.25) is 0 Å². The fraction of sp³-hybridized carbons (Fsp3) is 0. The molecule has 40 heavy (non-hydrogen) atoms. The number of hydrogen-bond acceptors (Lipinski definition) is 1. The third kappa shape index (κ3) is 2.86. The van der Waals surface area contributed by atoms with Crippen molar-refractivity contribution in [3.8, 4) is 16.9 Å². The summed E-state index contributed by atoms with van der Waals surface area (Å²) in [6.45, 7) is 0. The molecule has 0 aliphatic heterocycles. The van der Waals surface area contributed by atoms with E-state index in [-0.39, 0.29) is 0 Å². The van der Waals surface area contributed by atoms with Crippen LogP contribution in [-0.4, -0.2) is 14.0 Å². The highest BCUT2D eigenvalue weighted by Gasteiger charge is 2.20. The van der Waals surface area contributed by atoms with Gasteiger partial charge in [-0.15, -0.1) is 0 Å². The summed E-state index contributed by atoms with van der Waals surface area (Å²) < 4.78 is 4.89. The van der Waals surface area contributed by atoms with Crippen LogP contribution in [0.1, 0.15) is 0 Å². The molecule has 3 nitrogen and oxygen atoms in total. The second-order valence-corrected chi connectivity index (χ2v) is 10.4. The highest BCUT2D eigenvalue weighted by molar-refractivity contribution is 6.23. The number of rotatable bonds is 2. The molecule has 0 saturated carbocycles. The average molecular weight is 510 g/mol. The molecule has 0 radical (unpaired) electrons. The zero-order chi connectivity index (χ0) is 26.2. The van der Waals surface area contributed by atoms with Gasteiger partial charge in [0.05, 0.1) is 44.5 Å². The molecular weight excluding hydrogens is 486 g/mol. The lowest BCUT2D eigenvalue weighted by atomic mass is 10.0. The van der Waals surface area contributed by atoms with E-state index in [1.807, 2.05) is 0 Å². The van der Waals surface area contributed by atoms with Crippen LogP contribution in [0, 0.1) is 0 Å². The molecule has 0 saturated heterocycles. The number of hydrogen-bond donors (Lipinski definition) is 0. The molecule has 186 valence electrons. The van der Waals surface area contributed by atoms with Crippen LogP contribution < -0.4 is 0 Å². The van der Waals surface area contributed by atoms with Crippen molar-refractivity contribution in [2.45, 2.75) is 0 Å². The van der Waals surface area contributed by atoms with Crippen LogP contribution >= 0.6 is 0 Å². The van der Waals surface area contributed by atoms with Gasteiger partial charge in [0.15, 0.2) is 0 Å². The summed E-state index contributed by atoms with van der Waals surface area (Å²) in [7, 11) is 0. The van der Waals surface area contributed by atoms with Crippen LogP contribution in [0.5, 0.6) is 0 Å². The lowest BCUT2D eigenvalue weighted by molar-refractivity contribution is 1.15. The molecule has 3 heteroatoms. The van der Waals surface area contributed by atoms with Gasteiger partial charge in [-0.05, 0) is 41.8 Å². The van der Waals surface area contributed by atoms with Crippen molar-refractivity contribution >= 4 is 60.0 Å². The third-order valence-corrected chi connectivity index (χ3v) is 8.25. The maximum atomic E-state index is 5.28. The smallest absolute Gasteiger partial charge is 0.0950 e. The topological polar surface area (TPSA) is 22.2 Å². The first-order valence-electron chi connectivity index (χ1n) is 13.7. The zero-order valence-corrected chi connectivity index (χ0v) is 21.6. The molecule has 0 aliphatic rings. The molecule has 0 amide bonds. The minimum absolute atomic E-state index is 0.967. The number of benzene rings is 6. The molecule has 0 spiro atoms. The number of nitrogens with zero attached hydrogens (tertiary/aromatic N) is 3. The van der Waals surface area contributed by atoms with Gasteiger partial charge in [-0.3, -0.25) is 0 Å². The minimum atomic E-state index is 0.967. The van der Waals surface area contributed by atoms with Gasteiger partial charge < -0.3 is 8.97 Å². The Hall–Kier alpha value is -5.41. The van der Waals surface area contributed by atoms with Gasteiger partial charge in [0, 0.05) is 27.1 Å². The van der Waals surface area contributed by atoms with E-state index in [0.717, 1.165) is 44.4 Å². The van der Waals surface area contributed by atoms with E-state index in [4.69, 9.17) is 4.98 Å². The van der Waals surface area contributed by atoms with Gasteiger partial charge in [0.1, 0.15) is 0 Å². The van der Waals surface area contributed by atoms with E-state index < -0.39 is 0 Å². The van der Waals surface area contributed by atoms with E-state index in [2.05, 4.69) is 148 Å². The first-order valence-corrected chi connectivity index (χ1v) is 13.7. The molecule has 9 aromatic rings. The Kier molecular flexibility index (Phi) is 4.33. The first kappa shape index (κ1) is 21.5. The fourth-order valence-corrected chi connectivity index (χ4v) is 6.56. The lowest BCUT2D eigenvalue weighted by Crippen LogP contribution is -2.02. The lowest BCUT2D eigenvalue weighted by Gasteiger charge is -2.17. The van der Waals surface area contributed by atoms with Crippen molar-refractivity contribution in [1.82, 2.24) is 14.0 Å². The number of fused-ring (bicyclic) bond motifs is 6. The third-order valence-electron chi connectivity index (χ3n) is 8.25. The monoisotopic (exact) mass is 509 g/mol. The summed E-state index contributed by atoms with van der Waals surface area (Å²) in [6, 6.07) is 50.0. The standard InChI is InChI=1S/C37H23N3/c1-2-11-25(12-3-1)36-34(23-26-13-4-6-16-29(26)38-36)39-31-18-8-9-19-32(31)40-30-17-7-5-15-27(30)28-22-21-24-14-10-20-33(39)35(24)37(28)40/h1-23H. The van der Waals surface area contributed by atoms with Gasteiger partial charge in [-0.2, -0.15) is 0 Å². The number of para-hydroxylation sites is 4. The van der Waals surface area contributed by atoms with Crippen molar-refractivity contribution in [3.05, 3.63) is 140 Å². The van der Waals surface area contributed by atoms with Crippen molar-refractivity contribution in [1.29, 1.82) is 0 Å². The molecular formula is C37H23N3. The second kappa shape index (κ2) is 8.05. The number of pyridine rings is 1. The predicted molar refractivity (Wildman–Crippen MR) is 167 cm³/mol. The summed E-state index contributed by atoms with van der Waals surface area (Å²) in [5.74, 6) is 0. The van der Waals surface area contributed by atoms with Crippen LogP contribution in [-0.2, 0) is 0 Å². The van der Waals surface area contributed by atoms with Gasteiger partial charge >= 0.3 is 0 Å². The minimum Gasteiger partial charge on any atom is -0.306 e. The van der Waals surface area contributed by atoms with Gasteiger partial charge in [-0.1, -0.05) is 103 Å². The Morgan fingerprint density at radius 3 is 2.08 bits per heavy atom. The maximum Gasteiger partial charge on any atom is 0.0950 e. The summed E-state index contributed by atoms with van der Waals surface area (Å²) in [5.41, 5.74) is 10.0. The largest absolute Gasteiger partial charge is 0.306 e. The van der Waals surface area contributed by atoms with Gasteiger partial charge in [-0.25, -0.2) is 4.98 Å². The summed E-state index contributed by atoms with van der Waals surface area (Å²) in [4.78, 5) is 5.28. The van der Waals surface area contributed by atoms with Gasteiger partial charge in [0.25, 0.3) is 0 Å². The van der Waals surface area contributed by atoms with Crippen molar-refractivity contribution < 1.29 is 0 Å². The van der Waals surface area contributed by atoms with Crippen molar-refractivity contribution in [2.75, 3.05) is 0 Å². The fourth-order valence-electron chi connectivity index (χ4n) is 6.56. The molecule has 9 rings (SSSR count). The Balaban J connectivity index is 1.60. The van der Waals surface area contributed by atoms with E-state index >= 15 is 0 Å². The molecule has 3 heterocycles.